The Morgan fingerprint density at radius 3 is 2.70 bits per heavy atom. The van der Waals surface area contributed by atoms with Gasteiger partial charge in [-0.25, -0.2) is 9.97 Å². The van der Waals surface area contributed by atoms with E-state index in [1.807, 2.05) is 0 Å². The molecule has 1 saturated carbocycles. The van der Waals surface area contributed by atoms with Gasteiger partial charge in [0.25, 0.3) is 5.91 Å². The molecule has 7 heteroatoms. The Labute approximate surface area is 117 Å². The summed E-state index contributed by atoms with van der Waals surface area (Å²) in [6.45, 7) is 0.451. The van der Waals surface area contributed by atoms with Gasteiger partial charge in [-0.2, -0.15) is 0 Å². The van der Waals surface area contributed by atoms with Crippen LogP contribution in [0.15, 0.2) is 12.4 Å². The molecule has 1 aromatic rings. The zero-order chi connectivity index (χ0) is 14.4. The summed E-state index contributed by atoms with van der Waals surface area (Å²) in [4.78, 5) is 31.2. The second kappa shape index (κ2) is 6.83. The van der Waals surface area contributed by atoms with Crippen LogP contribution >= 0.6 is 0 Å². The van der Waals surface area contributed by atoms with Gasteiger partial charge < -0.3 is 16.0 Å². The molecule has 0 bridgehead atoms. The van der Waals surface area contributed by atoms with E-state index in [0.717, 1.165) is 12.8 Å². The Hall–Kier alpha value is -2.18. The summed E-state index contributed by atoms with van der Waals surface area (Å²) < 4.78 is 0. The highest BCUT2D eigenvalue weighted by Crippen LogP contribution is 2.18. The summed E-state index contributed by atoms with van der Waals surface area (Å²) in [6.07, 6.45) is 6.14. The number of carbonyl (C=O) groups is 2. The lowest BCUT2D eigenvalue weighted by Crippen LogP contribution is -2.28. The van der Waals surface area contributed by atoms with Crippen LogP contribution in [0.25, 0.3) is 0 Å². The van der Waals surface area contributed by atoms with Gasteiger partial charge in [0.2, 0.25) is 5.91 Å². The quantitative estimate of drug-likeness (QED) is 0.623. The number of aromatic nitrogens is 2. The number of nitrogens with one attached hydrogen (secondary N) is 3. The molecular weight excluding hydrogens is 258 g/mol. The third-order valence-corrected chi connectivity index (χ3v) is 2.95. The molecule has 1 heterocycles. The Kier molecular flexibility index (Phi) is 4.86. The number of hydrogen-bond donors (Lipinski definition) is 3. The molecule has 3 N–H and O–H groups in total. The molecule has 108 valence electrons. The molecule has 1 aromatic heterocycles. The average molecular weight is 277 g/mol. The van der Waals surface area contributed by atoms with Gasteiger partial charge >= 0.3 is 0 Å². The molecule has 0 aromatic carbocycles. The first-order valence-corrected chi connectivity index (χ1v) is 6.76. The average Bonchev–Trinajstić information content (AvgIpc) is 3.27. The van der Waals surface area contributed by atoms with Gasteiger partial charge in [-0.3, -0.25) is 9.59 Å². The van der Waals surface area contributed by atoms with Crippen molar-refractivity contribution in [2.45, 2.75) is 31.7 Å². The minimum atomic E-state index is -0.275. The predicted molar refractivity (Wildman–Crippen MR) is 74.3 cm³/mol. The highest BCUT2D eigenvalue weighted by molar-refractivity contribution is 5.92. The van der Waals surface area contributed by atoms with E-state index in [-0.39, 0.29) is 17.5 Å². The van der Waals surface area contributed by atoms with Gasteiger partial charge in [0, 0.05) is 26.1 Å². The van der Waals surface area contributed by atoms with Gasteiger partial charge in [0.05, 0.1) is 12.4 Å². The summed E-state index contributed by atoms with van der Waals surface area (Å²) >= 11 is 0. The summed E-state index contributed by atoms with van der Waals surface area (Å²) in [5.41, 5.74) is 0.270. The first kappa shape index (κ1) is 14.2. The third kappa shape index (κ3) is 4.49. The van der Waals surface area contributed by atoms with E-state index in [9.17, 15) is 9.59 Å². The number of amides is 2. The first-order valence-electron chi connectivity index (χ1n) is 6.76. The molecule has 0 spiro atoms. The SMILES string of the molecule is CNc1cnc(C(=O)NCCCC(=O)NC2CC2)cn1. The molecule has 1 fully saturated rings. The van der Waals surface area contributed by atoms with E-state index in [1.54, 1.807) is 7.05 Å². The van der Waals surface area contributed by atoms with Crippen molar-refractivity contribution in [2.24, 2.45) is 0 Å². The lowest BCUT2D eigenvalue weighted by atomic mass is 10.3. The van der Waals surface area contributed by atoms with E-state index in [0.29, 0.717) is 31.2 Å². The number of anilines is 1. The molecule has 7 nitrogen and oxygen atoms in total. The maximum atomic E-state index is 11.7. The van der Waals surface area contributed by atoms with E-state index < -0.39 is 0 Å². The van der Waals surface area contributed by atoms with Crippen molar-refractivity contribution in [3.05, 3.63) is 18.1 Å². The second-order valence-electron chi connectivity index (χ2n) is 4.74. The molecule has 1 aliphatic carbocycles. The molecule has 2 amide bonds. The fourth-order valence-corrected chi connectivity index (χ4v) is 1.64. The highest BCUT2D eigenvalue weighted by atomic mass is 16.2. The van der Waals surface area contributed by atoms with Crippen molar-refractivity contribution in [1.82, 2.24) is 20.6 Å². The Bertz CT molecular complexity index is 470. The smallest absolute Gasteiger partial charge is 0.271 e. The Morgan fingerprint density at radius 2 is 2.10 bits per heavy atom. The number of nitrogens with zero attached hydrogens (tertiary/aromatic N) is 2. The number of rotatable bonds is 7. The molecule has 0 aliphatic heterocycles. The summed E-state index contributed by atoms with van der Waals surface area (Å²) in [5.74, 6) is 0.390. The van der Waals surface area contributed by atoms with E-state index in [2.05, 4.69) is 25.9 Å². The number of carbonyl (C=O) groups excluding carboxylic acids is 2. The molecular formula is C13H19N5O2. The van der Waals surface area contributed by atoms with Crippen LogP contribution in [-0.4, -0.2) is 41.4 Å². The van der Waals surface area contributed by atoms with Crippen molar-refractivity contribution >= 4 is 17.6 Å². The lowest BCUT2D eigenvalue weighted by molar-refractivity contribution is -0.121. The maximum Gasteiger partial charge on any atom is 0.271 e. The van der Waals surface area contributed by atoms with E-state index in [4.69, 9.17) is 0 Å². The third-order valence-electron chi connectivity index (χ3n) is 2.95. The molecule has 0 saturated heterocycles. The van der Waals surface area contributed by atoms with Crippen molar-refractivity contribution in [3.63, 3.8) is 0 Å². The minimum absolute atomic E-state index is 0.0555. The second-order valence-corrected chi connectivity index (χ2v) is 4.74. The van der Waals surface area contributed by atoms with E-state index in [1.165, 1.54) is 12.4 Å². The van der Waals surface area contributed by atoms with Gasteiger partial charge in [-0.05, 0) is 19.3 Å². The number of hydrogen-bond acceptors (Lipinski definition) is 5. The van der Waals surface area contributed by atoms with Crippen LogP contribution < -0.4 is 16.0 Å². The van der Waals surface area contributed by atoms with Crippen LogP contribution in [0.2, 0.25) is 0 Å². The molecule has 0 atom stereocenters. The first-order chi connectivity index (χ1) is 9.69. The zero-order valence-electron chi connectivity index (χ0n) is 11.5. The van der Waals surface area contributed by atoms with Crippen molar-refractivity contribution in [2.75, 3.05) is 18.9 Å². The monoisotopic (exact) mass is 277 g/mol. The van der Waals surface area contributed by atoms with Crippen LogP contribution in [0.5, 0.6) is 0 Å². The molecule has 0 radical (unpaired) electrons. The maximum absolute atomic E-state index is 11.7. The molecule has 20 heavy (non-hydrogen) atoms. The van der Waals surface area contributed by atoms with Crippen LogP contribution in [0.4, 0.5) is 5.82 Å². The van der Waals surface area contributed by atoms with Gasteiger partial charge in [0.1, 0.15) is 11.5 Å². The molecule has 0 unspecified atom stereocenters. The normalized spacial score (nSPS) is 13.7. The Balaban J connectivity index is 1.64. The largest absolute Gasteiger partial charge is 0.372 e. The summed E-state index contributed by atoms with van der Waals surface area (Å²) in [5, 5.41) is 8.45. The topological polar surface area (TPSA) is 96.0 Å². The van der Waals surface area contributed by atoms with Gasteiger partial charge in [-0.15, -0.1) is 0 Å². The van der Waals surface area contributed by atoms with Crippen LogP contribution in [0.1, 0.15) is 36.2 Å². The fraction of sp³-hybridized carbons (Fsp3) is 0.538. The molecule has 2 rings (SSSR count). The highest BCUT2D eigenvalue weighted by Gasteiger charge is 2.22. The minimum Gasteiger partial charge on any atom is -0.372 e. The van der Waals surface area contributed by atoms with Crippen molar-refractivity contribution < 1.29 is 9.59 Å². The predicted octanol–water partition coefficient (Wildman–Crippen LogP) is 0.307. The molecule has 1 aliphatic rings. The fourth-order valence-electron chi connectivity index (χ4n) is 1.64. The van der Waals surface area contributed by atoms with Crippen LogP contribution in [0, 0.1) is 0 Å². The standard InChI is InChI=1S/C13H19N5O2/c1-14-11-8-16-10(7-17-11)13(20)15-6-2-3-12(19)18-9-4-5-9/h7-9H,2-6H2,1H3,(H,14,17)(H,15,20)(H,18,19). The van der Waals surface area contributed by atoms with Crippen molar-refractivity contribution in [1.29, 1.82) is 0 Å². The van der Waals surface area contributed by atoms with Crippen LogP contribution in [-0.2, 0) is 4.79 Å². The lowest BCUT2D eigenvalue weighted by Gasteiger charge is -2.05. The van der Waals surface area contributed by atoms with Gasteiger partial charge in [-0.1, -0.05) is 0 Å². The Morgan fingerprint density at radius 1 is 1.30 bits per heavy atom. The summed E-state index contributed by atoms with van der Waals surface area (Å²) in [6, 6.07) is 0.387. The van der Waals surface area contributed by atoms with Crippen LogP contribution in [0.3, 0.4) is 0 Å². The zero-order valence-corrected chi connectivity index (χ0v) is 11.5. The van der Waals surface area contributed by atoms with Crippen molar-refractivity contribution in [3.8, 4) is 0 Å². The van der Waals surface area contributed by atoms with Gasteiger partial charge in [0.15, 0.2) is 0 Å². The van der Waals surface area contributed by atoms with E-state index >= 15 is 0 Å². The summed E-state index contributed by atoms with van der Waals surface area (Å²) in [7, 11) is 1.73.